The minimum atomic E-state index is 0.347. The number of nitrogens with zero attached hydrogens (tertiary/aromatic N) is 2. The molecule has 0 fully saturated rings. The Bertz CT molecular complexity index is 845. The minimum Gasteiger partial charge on any atom is -0.493 e. The Morgan fingerprint density at radius 2 is 1.87 bits per heavy atom. The van der Waals surface area contributed by atoms with Crippen LogP contribution in [0.5, 0.6) is 11.5 Å². The number of hydrogen-bond acceptors (Lipinski definition) is 4. The number of ether oxygens (including phenoxy) is 2. The summed E-state index contributed by atoms with van der Waals surface area (Å²) in [5, 5.41) is 0.709. The Hall–Kier alpha value is -2.24. The van der Waals surface area contributed by atoms with Crippen molar-refractivity contribution in [1.29, 1.82) is 0 Å². The third-order valence-corrected chi connectivity index (χ3v) is 3.98. The molecule has 0 saturated carbocycles. The highest BCUT2D eigenvalue weighted by atomic mass is 35.5. The van der Waals surface area contributed by atoms with Crippen molar-refractivity contribution < 1.29 is 9.47 Å². The van der Waals surface area contributed by atoms with Gasteiger partial charge >= 0.3 is 0 Å². The first kappa shape index (κ1) is 15.6. The molecule has 0 spiro atoms. The molecule has 6 heteroatoms. The summed E-state index contributed by atoms with van der Waals surface area (Å²) < 4.78 is 12.8. The number of rotatable bonds is 5. The third kappa shape index (κ3) is 2.98. The average Bonchev–Trinajstić information content (AvgIpc) is 2.90. The summed E-state index contributed by atoms with van der Waals surface area (Å²) in [6.07, 6.45) is 0. The summed E-state index contributed by atoms with van der Waals surface area (Å²) in [6, 6.07) is 11.5. The fourth-order valence-corrected chi connectivity index (χ4v) is 2.86. The molecule has 5 nitrogen and oxygen atoms in total. The van der Waals surface area contributed by atoms with E-state index in [0.717, 1.165) is 22.4 Å². The summed E-state index contributed by atoms with van der Waals surface area (Å²) in [7, 11) is 3.22. The van der Waals surface area contributed by atoms with Crippen molar-refractivity contribution in [2.24, 2.45) is 5.73 Å². The zero-order chi connectivity index (χ0) is 16.4. The number of benzene rings is 2. The molecule has 1 heterocycles. The molecular weight excluding hydrogens is 314 g/mol. The molecule has 1 aromatic heterocycles. The number of imidazole rings is 1. The second-order valence-electron chi connectivity index (χ2n) is 5.14. The minimum absolute atomic E-state index is 0.347. The van der Waals surface area contributed by atoms with Crippen LogP contribution in [0.15, 0.2) is 36.4 Å². The van der Waals surface area contributed by atoms with E-state index < -0.39 is 0 Å². The molecule has 23 heavy (non-hydrogen) atoms. The van der Waals surface area contributed by atoms with Crippen LogP contribution in [0.3, 0.4) is 0 Å². The van der Waals surface area contributed by atoms with E-state index in [1.807, 2.05) is 36.4 Å². The number of aromatic nitrogens is 2. The van der Waals surface area contributed by atoms with Crippen LogP contribution in [0.4, 0.5) is 0 Å². The predicted octanol–water partition coefficient (Wildman–Crippen LogP) is 3.21. The molecule has 0 amide bonds. The first-order chi connectivity index (χ1) is 11.2. The molecule has 2 aromatic carbocycles. The van der Waals surface area contributed by atoms with Gasteiger partial charge in [-0.15, -0.1) is 0 Å². The summed E-state index contributed by atoms with van der Waals surface area (Å²) >= 11 is 6.08. The zero-order valence-corrected chi connectivity index (χ0v) is 13.8. The van der Waals surface area contributed by atoms with Crippen molar-refractivity contribution in [2.75, 3.05) is 14.2 Å². The van der Waals surface area contributed by atoms with Crippen molar-refractivity contribution in [3.05, 3.63) is 52.8 Å². The highest BCUT2D eigenvalue weighted by molar-refractivity contribution is 6.30. The molecule has 3 aromatic rings. The maximum Gasteiger partial charge on any atom is 0.163 e. The summed E-state index contributed by atoms with van der Waals surface area (Å²) in [5.41, 5.74) is 8.72. The number of hydrogen-bond donors (Lipinski definition) is 1. The van der Waals surface area contributed by atoms with Gasteiger partial charge in [-0.2, -0.15) is 0 Å². The maximum absolute atomic E-state index is 6.08. The first-order valence-electron chi connectivity index (χ1n) is 7.22. The van der Waals surface area contributed by atoms with E-state index in [1.54, 1.807) is 14.2 Å². The lowest BCUT2D eigenvalue weighted by atomic mass is 10.2. The van der Waals surface area contributed by atoms with E-state index in [4.69, 9.17) is 26.8 Å². The van der Waals surface area contributed by atoms with Crippen molar-refractivity contribution in [3.63, 3.8) is 0 Å². The smallest absolute Gasteiger partial charge is 0.163 e. The second-order valence-corrected chi connectivity index (χ2v) is 5.58. The van der Waals surface area contributed by atoms with Crippen LogP contribution in [0.25, 0.3) is 11.0 Å². The predicted molar refractivity (Wildman–Crippen MR) is 91.3 cm³/mol. The molecular formula is C17H18ClN3O2. The molecule has 0 radical (unpaired) electrons. The fourth-order valence-electron chi connectivity index (χ4n) is 2.65. The maximum atomic E-state index is 6.08. The summed E-state index contributed by atoms with van der Waals surface area (Å²) in [4.78, 5) is 4.60. The van der Waals surface area contributed by atoms with Crippen LogP contribution >= 0.6 is 11.6 Å². The topological polar surface area (TPSA) is 62.3 Å². The fraction of sp³-hybridized carbons (Fsp3) is 0.235. The number of fused-ring (bicyclic) bond motifs is 1. The summed E-state index contributed by atoms with van der Waals surface area (Å²) in [6.45, 7) is 0.985. The number of halogens is 1. The third-order valence-electron chi connectivity index (χ3n) is 3.74. The van der Waals surface area contributed by atoms with E-state index in [0.29, 0.717) is 29.6 Å². The van der Waals surface area contributed by atoms with Crippen molar-refractivity contribution >= 4 is 22.6 Å². The summed E-state index contributed by atoms with van der Waals surface area (Å²) in [5.74, 6) is 2.11. The standard InChI is InChI=1S/C17H18ClN3O2/c1-22-15-7-13-14(8-16(15)23-2)21(17(9-19)20-13)10-11-4-3-5-12(18)6-11/h3-8H,9-10,19H2,1-2H3. The Kier molecular flexibility index (Phi) is 4.41. The Morgan fingerprint density at radius 3 is 2.52 bits per heavy atom. The Morgan fingerprint density at radius 1 is 1.13 bits per heavy atom. The van der Waals surface area contributed by atoms with E-state index in [2.05, 4.69) is 9.55 Å². The molecule has 0 unspecified atom stereocenters. The van der Waals surface area contributed by atoms with E-state index >= 15 is 0 Å². The van der Waals surface area contributed by atoms with Crippen LogP contribution in [0, 0.1) is 0 Å². The van der Waals surface area contributed by atoms with E-state index in [9.17, 15) is 0 Å². The van der Waals surface area contributed by atoms with Gasteiger partial charge < -0.3 is 19.8 Å². The van der Waals surface area contributed by atoms with Gasteiger partial charge in [0, 0.05) is 23.7 Å². The molecule has 0 atom stereocenters. The molecule has 3 rings (SSSR count). The van der Waals surface area contributed by atoms with E-state index in [1.165, 1.54) is 0 Å². The van der Waals surface area contributed by atoms with Crippen LogP contribution in [-0.4, -0.2) is 23.8 Å². The molecule has 0 aliphatic rings. The Balaban J connectivity index is 2.14. The van der Waals surface area contributed by atoms with Gasteiger partial charge in [0.15, 0.2) is 11.5 Å². The van der Waals surface area contributed by atoms with Gasteiger partial charge in [0.2, 0.25) is 0 Å². The molecule has 0 aliphatic heterocycles. The van der Waals surface area contributed by atoms with Crippen molar-refractivity contribution in [2.45, 2.75) is 13.1 Å². The normalized spacial score (nSPS) is 11.0. The van der Waals surface area contributed by atoms with Crippen LogP contribution < -0.4 is 15.2 Å². The molecule has 120 valence electrons. The van der Waals surface area contributed by atoms with E-state index in [-0.39, 0.29) is 0 Å². The second kappa shape index (κ2) is 6.48. The van der Waals surface area contributed by atoms with Gasteiger partial charge in [0.1, 0.15) is 5.82 Å². The zero-order valence-electron chi connectivity index (χ0n) is 13.0. The van der Waals surface area contributed by atoms with Gasteiger partial charge in [-0.25, -0.2) is 4.98 Å². The largest absolute Gasteiger partial charge is 0.493 e. The van der Waals surface area contributed by atoms with Gasteiger partial charge in [0.25, 0.3) is 0 Å². The SMILES string of the molecule is COc1cc2nc(CN)n(Cc3cccc(Cl)c3)c2cc1OC. The highest BCUT2D eigenvalue weighted by Crippen LogP contribution is 2.32. The lowest BCUT2D eigenvalue weighted by molar-refractivity contribution is 0.355. The highest BCUT2D eigenvalue weighted by Gasteiger charge is 2.14. The van der Waals surface area contributed by atoms with Gasteiger partial charge in [0.05, 0.1) is 31.8 Å². The number of methoxy groups -OCH3 is 2. The molecule has 0 saturated heterocycles. The average molecular weight is 332 g/mol. The van der Waals surface area contributed by atoms with Crippen molar-refractivity contribution in [1.82, 2.24) is 9.55 Å². The van der Waals surface area contributed by atoms with Crippen LogP contribution in [0.1, 0.15) is 11.4 Å². The molecule has 2 N–H and O–H groups in total. The molecule has 0 bridgehead atoms. The van der Waals surface area contributed by atoms with Gasteiger partial charge in [-0.05, 0) is 17.7 Å². The Labute approximate surface area is 139 Å². The lowest BCUT2D eigenvalue weighted by Crippen LogP contribution is -2.09. The molecule has 0 aliphatic carbocycles. The lowest BCUT2D eigenvalue weighted by Gasteiger charge is -2.11. The van der Waals surface area contributed by atoms with Crippen LogP contribution in [-0.2, 0) is 13.1 Å². The quantitative estimate of drug-likeness (QED) is 0.779. The first-order valence-corrected chi connectivity index (χ1v) is 7.59. The number of nitrogens with two attached hydrogens (primary N) is 1. The van der Waals surface area contributed by atoms with Gasteiger partial charge in [-0.1, -0.05) is 23.7 Å². The monoisotopic (exact) mass is 331 g/mol. The van der Waals surface area contributed by atoms with Crippen LogP contribution in [0.2, 0.25) is 5.02 Å². The van der Waals surface area contributed by atoms with Crippen molar-refractivity contribution in [3.8, 4) is 11.5 Å². The van der Waals surface area contributed by atoms with Gasteiger partial charge in [-0.3, -0.25) is 0 Å².